The fraction of sp³-hybridized carbons (Fsp3) is 0.940. The number of aliphatic hydroxyl groups excluding tert-OH is 1. The van der Waals surface area contributed by atoms with Gasteiger partial charge in [-0.3, -0.25) is 14.5 Å². The van der Waals surface area contributed by atoms with Gasteiger partial charge in [0.1, 0.15) is 39.0 Å². The Morgan fingerprint density at radius 1 is 0.871 bits per heavy atom. The Morgan fingerprint density at radius 2 is 1.50 bits per heavy atom. The summed E-state index contributed by atoms with van der Waals surface area (Å²) in [6.45, 7) is 25.3. The molecule has 0 bridgehead atoms. The van der Waals surface area contributed by atoms with Crippen LogP contribution in [0.2, 0.25) is 0 Å². The third-order valence-corrected chi connectivity index (χ3v) is 17.4. The molecule has 18 atom stereocenters. The van der Waals surface area contributed by atoms with Crippen molar-refractivity contribution in [2.45, 2.75) is 192 Å². The first-order valence-electron chi connectivity index (χ1n) is 25.5. The minimum absolute atomic E-state index is 0.0544. The number of ether oxygens (including phenoxy) is 8. The fourth-order valence-electron chi connectivity index (χ4n) is 11.8. The zero-order chi connectivity index (χ0) is 53.1. The number of aliphatic hydroxyl groups is 2. The monoisotopic (exact) mass is 1020 g/mol. The largest absolute Gasteiger partial charge is 0.458 e. The lowest BCUT2D eigenvalue weighted by Gasteiger charge is -2.54. The van der Waals surface area contributed by atoms with E-state index >= 15 is 4.79 Å². The van der Waals surface area contributed by atoms with E-state index in [-0.39, 0.29) is 56.0 Å². The van der Waals surface area contributed by atoms with Crippen LogP contribution in [0.5, 0.6) is 0 Å². The number of cyclic esters (lactones) is 1. The van der Waals surface area contributed by atoms with Gasteiger partial charge in [-0.25, -0.2) is 13.2 Å². The van der Waals surface area contributed by atoms with Crippen LogP contribution < -0.4 is 0 Å². The molecule has 20 heteroatoms. The number of nitrogens with zero attached hydrogens (tertiary/aromatic N) is 4. The van der Waals surface area contributed by atoms with Gasteiger partial charge in [-0.05, 0) is 95.0 Å². The third kappa shape index (κ3) is 13.0. The second-order valence-electron chi connectivity index (χ2n) is 21.9. The van der Waals surface area contributed by atoms with E-state index in [0.29, 0.717) is 13.0 Å². The van der Waals surface area contributed by atoms with Crippen LogP contribution in [0, 0.1) is 23.7 Å². The highest BCUT2D eigenvalue weighted by Crippen LogP contribution is 2.46. The van der Waals surface area contributed by atoms with E-state index < -0.39 is 117 Å². The van der Waals surface area contributed by atoms with Crippen LogP contribution in [0.3, 0.4) is 0 Å². The number of rotatable bonds is 18. The number of hydrogen-bond donors (Lipinski definition) is 2. The van der Waals surface area contributed by atoms with E-state index in [1.165, 1.54) is 12.0 Å². The summed E-state index contributed by atoms with van der Waals surface area (Å²) >= 11 is 0. The van der Waals surface area contributed by atoms with Crippen LogP contribution in [0.1, 0.15) is 109 Å². The zero-order valence-corrected chi connectivity index (χ0v) is 46.6. The Labute approximate surface area is 419 Å². The van der Waals surface area contributed by atoms with E-state index in [1.807, 2.05) is 53.7 Å². The van der Waals surface area contributed by atoms with Crippen LogP contribution >= 0.6 is 0 Å². The number of methoxy groups -OCH3 is 2. The molecule has 4 heterocycles. The first kappa shape index (κ1) is 60.5. The molecule has 2 N–H and O–H groups in total. The Hall–Kier alpha value is -2.08. The number of sulfone groups is 1. The average Bonchev–Trinajstić information content (AvgIpc) is 3.55. The number of esters is 1. The number of amides is 1. The fourth-order valence-corrected chi connectivity index (χ4v) is 12.4. The predicted molar refractivity (Wildman–Crippen MR) is 264 cm³/mol. The van der Waals surface area contributed by atoms with Gasteiger partial charge in [0.15, 0.2) is 18.2 Å². The van der Waals surface area contributed by atoms with E-state index in [1.54, 1.807) is 48.7 Å². The van der Waals surface area contributed by atoms with Crippen LogP contribution in [-0.2, 0) is 57.3 Å². The van der Waals surface area contributed by atoms with Crippen molar-refractivity contribution in [2.75, 3.05) is 86.6 Å². The third-order valence-electron chi connectivity index (χ3n) is 16.5. The number of hydrogen-bond acceptors (Lipinski definition) is 18. The van der Waals surface area contributed by atoms with Crippen molar-refractivity contribution >= 4 is 27.7 Å². The van der Waals surface area contributed by atoms with Gasteiger partial charge in [-0.15, -0.1) is 0 Å². The topological polar surface area (TPSA) is 213 Å². The van der Waals surface area contributed by atoms with Gasteiger partial charge < -0.3 is 62.8 Å². The van der Waals surface area contributed by atoms with Crippen molar-refractivity contribution in [3.8, 4) is 0 Å². The molecule has 4 rings (SSSR count). The molecule has 0 aromatic carbocycles. The van der Waals surface area contributed by atoms with Gasteiger partial charge >= 0.3 is 12.1 Å². The first-order valence-corrected chi connectivity index (χ1v) is 27.6. The summed E-state index contributed by atoms with van der Waals surface area (Å²) in [6.07, 6.45) is -6.62. The van der Waals surface area contributed by atoms with Gasteiger partial charge in [0.25, 0.3) is 0 Å². The molecule has 70 heavy (non-hydrogen) atoms. The second kappa shape index (κ2) is 24.1. The summed E-state index contributed by atoms with van der Waals surface area (Å²) < 4.78 is 77.3. The van der Waals surface area contributed by atoms with Crippen LogP contribution in [-0.4, -0.2) is 226 Å². The molecule has 1 amide bonds. The first-order chi connectivity index (χ1) is 32.4. The van der Waals surface area contributed by atoms with Crippen molar-refractivity contribution in [1.82, 2.24) is 19.6 Å². The van der Waals surface area contributed by atoms with Gasteiger partial charge in [0.2, 0.25) is 0 Å². The van der Waals surface area contributed by atoms with E-state index in [9.17, 15) is 28.2 Å². The van der Waals surface area contributed by atoms with Crippen molar-refractivity contribution in [1.29, 1.82) is 0 Å². The lowest BCUT2D eigenvalue weighted by Crippen LogP contribution is -2.70. The molecule has 4 aliphatic heterocycles. The van der Waals surface area contributed by atoms with Crippen LogP contribution in [0.25, 0.3) is 0 Å². The number of carbonyl (C=O) groups is 3. The van der Waals surface area contributed by atoms with Crippen molar-refractivity contribution < 1.29 is 70.9 Å². The Kier molecular flexibility index (Phi) is 20.8. The molecule has 0 aromatic heterocycles. The minimum atomic E-state index is -3.56. The van der Waals surface area contributed by atoms with Crippen LogP contribution in [0.4, 0.5) is 4.79 Å². The highest BCUT2D eigenvalue weighted by Gasteiger charge is 2.62. The van der Waals surface area contributed by atoms with Gasteiger partial charge in [0, 0.05) is 76.9 Å². The predicted octanol–water partition coefficient (Wildman–Crippen LogP) is 3.60. The number of Topliss-reactive ketones (excluding diaryl/α,β-unsaturated/α-hetero) is 1. The summed E-state index contributed by atoms with van der Waals surface area (Å²) in [5, 5.41) is 24.5. The molecule has 0 saturated carbocycles. The van der Waals surface area contributed by atoms with Gasteiger partial charge in [-0.1, -0.05) is 41.5 Å². The molecule has 0 aromatic rings. The summed E-state index contributed by atoms with van der Waals surface area (Å²) in [5.41, 5.74) is -5.64. The molecule has 4 fully saturated rings. The lowest BCUT2D eigenvalue weighted by molar-refractivity contribution is -0.339. The summed E-state index contributed by atoms with van der Waals surface area (Å²) in [6, 6.07) is -1.37. The lowest BCUT2D eigenvalue weighted by atomic mass is 9.73. The molecule has 0 unspecified atom stereocenters. The Bertz CT molecular complexity index is 1860. The molecule has 19 nitrogen and oxygen atoms in total. The SMILES string of the molecule is CC[C@H]1OC(=O)[C@H](C)[C@@H](O[C@H]2C[C@@](C)(OC)[C@@](O)(CN(C)CCN(CC)CC)[C@H](C)O2)[C@H](C)[C@@H](O[C@@H]2O[C@H](C)C[C@H](N(C)C)[C@H]2O)[C@@](C)(OC)C[C@@H](C)C(=O)[C@H](C)[C@H]2N(CCS(C)(=O)=O)C(=O)O[C@]12C. The van der Waals surface area contributed by atoms with E-state index in [2.05, 4.69) is 23.6 Å². The summed E-state index contributed by atoms with van der Waals surface area (Å²) in [7, 11) is 5.21. The molecule has 4 saturated heterocycles. The van der Waals surface area contributed by atoms with E-state index in [4.69, 9.17) is 37.9 Å². The maximum atomic E-state index is 15.0. The Balaban J connectivity index is 1.88. The van der Waals surface area contributed by atoms with Gasteiger partial charge in [0.05, 0.1) is 47.7 Å². The number of carbonyl (C=O) groups excluding carboxylic acids is 3. The van der Waals surface area contributed by atoms with Gasteiger partial charge in [-0.2, -0.15) is 0 Å². The van der Waals surface area contributed by atoms with E-state index in [0.717, 1.165) is 25.9 Å². The number of likely N-dealkylation sites (N-methyl/N-ethyl adjacent to an activating group) is 3. The number of fused-ring (bicyclic) bond motifs is 1. The standard InChI is InChI=1S/C50H92N4O15S/c1-19-37-49(12)42(54(46(58)69-49)24-25-70(18,60)61)32(6)39(55)30(4)27-47(10,62-16)43(68-45-40(56)36(51(13)14)26-31(5)64-45)33(7)41(34(8)44(57)66-37)67-38-28-48(11,63-17)50(59,35(9)65-38)29-52(15)22-23-53(20-2)21-3/h30-38,40-43,45,56,59H,19-29H2,1-18H3/t30-,31-,32+,33+,34-,35+,36+,37-,38+,40-,41+,42-,43-,45+,47+,48-,49-,50-/m1/s1. The highest BCUT2D eigenvalue weighted by molar-refractivity contribution is 7.90. The quantitative estimate of drug-likeness (QED) is 0.188. The molecule has 4 aliphatic rings. The molecular weight excluding hydrogens is 929 g/mol. The summed E-state index contributed by atoms with van der Waals surface area (Å²) in [4.78, 5) is 51.4. The molecule has 408 valence electrons. The number of ketones is 1. The molecular formula is C50H92N4O15S. The van der Waals surface area contributed by atoms with Crippen molar-refractivity contribution in [3.63, 3.8) is 0 Å². The maximum absolute atomic E-state index is 15.0. The zero-order valence-electron chi connectivity index (χ0n) is 45.8. The summed E-state index contributed by atoms with van der Waals surface area (Å²) in [5.74, 6) is -4.92. The average molecular weight is 1020 g/mol. The normalized spacial score (nSPS) is 41.7. The highest BCUT2D eigenvalue weighted by atomic mass is 32.2. The second-order valence-corrected chi connectivity index (χ2v) is 24.1. The van der Waals surface area contributed by atoms with Crippen molar-refractivity contribution in [2.24, 2.45) is 23.7 Å². The molecule has 0 radical (unpaired) electrons. The Morgan fingerprint density at radius 3 is 2.04 bits per heavy atom. The minimum Gasteiger partial charge on any atom is -0.458 e. The van der Waals surface area contributed by atoms with Crippen molar-refractivity contribution in [3.05, 3.63) is 0 Å². The molecule has 0 spiro atoms. The smallest absolute Gasteiger partial charge is 0.410 e. The maximum Gasteiger partial charge on any atom is 0.410 e. The van der Waals surface area contributed by atoms with Crippen LogP contribution in [0.15, 0.2) is 0 Å². The molecule has 0 aliphatic carbocycles.